The van der Waals surface area contributed by atoms with Gasteiger partial charge in [-0.3, -0.25) is 9.59 Å². The van der Waals surface area contributed by atoms with Gasteiger partial charge in [0.1, 0.15) is 0 Å². The molecule has 1 atom stereocenters. The summed E-state index contributed by atoms with van der Waals surface area (Å²) in [6, 6.07) is 7.18. The third-order valence-corrected chi connectivity index (χ3v) is 5.11. The van der Waals surface area contributed by atoms with Crippen molar-refractivity contribution in [1.82, 2.24) is 14.7 Å². The van der Waals surface area contributed by atoms with Gasteiger partial charge < -0.3 is 14.7 Å². The summed E-state index contributed by atoms with van der Waals surface area (Å²) in [6.45, 7) is 7.22. The van der Waals surface area contributed by atoms with Crippen molar-refractivity contribution in [3.63, 3.8) is 0 Å². The summed E-state index contributed by atoms with van der Waals surface area (Å²) in [6.07, 6.45) is 2.27. The molecule has 0 aliphatic carbocycles. The van der Waals surface area contributed by atoms with Crippen LogP contribution in [0, 0.1) is 5.92 Å². The van der Waals surface area contributed by atoms with Gasteiger partial charge in [-0.1, -0.05) is 6.92 Å². The van der Waals surface area contributed by atoms with E-state index in [2.05, 4.69) is 18.9 Å². The first-order valence-electron chi connectivity index (χ1n) is 8.92. The van der Waals surface area contributed by atoms with Gasteiger partial charge in [-0.2, -0.15) is 0 Å². The molecule has 24 heavy (non-hydrogen) atoms. The van der Waals surface area contributed by atoms with Gasteiger partial charge in [-0.05, 0) is 50.1 Å². The second-order valence-electron chi connectivity index (χ2n) is 7.17. The number of amides is 2. The quantitative estimate of drug-likeness (QED) is 0.833. The Balaban J connectivity index is 1.64. The number of hydrogen-bond donors (Lipinski definition) is 0. The van der Waals surface area contributed by atoms with Crippen molar-refractivity contribution in [3.8, 4) is 0 Å². The molecule has 0 aromatic heterocycles. The highest BCUT2D eigenvalue weighted by Crippen LogP contribution is 2.18. The minimum absolute atomic E-state index is 0.0636. The maximum Gasteiger partial charge on any atom is 0.253 e. The van der Waals surface area contributed by atoms with E-state index in [-0.39, 0.29) is 11.8 Å². The molecule has 0 bridgehead atoms. The van der Waals surface area contributed by atoms with E-state index >= 15 is 0 Å². The molecule has 0 spiro atoms. The molecule has 130 valence electrons. The summed E-state index contributed by atoms with van der Waals surface area (Å²) in [4.78, 5) is 31.2. The van der Waals surface area contributed by atoms with Crippen LogP contribution in [-0.2, 0) is 0 Å². The number of hydrogen-bond acceptors (Lipinski definition) is 3. The van der Waals surface area contributed by atoms with Gasteiger partial charge in [0.2, 0.25) is 0 Å². The molecule has 5 heteroatoms. The number of nitrogens with zero attached hydrogens (tertiary/aromatic N) is 3. The predicted octanol–water partition coefficient (Wildman–Crippen LogP) is 1.95. The van der Waals surface area contributed by atoms with Gasteiger partial charge in [0.25, 0.3) is 11.8 Å². The van der Waals surface area contributed by atoms with Crippen LogP contribution in [0.5, 0.6) is 0 Å². The fourth-order valence-corrected chi connectivity index (χ4v) is 3.50. The van der Waals surface area contributed by atoms with E-state index in [1.165, 1.54) is 6.42 Å². The summed E-state index contributed by atoms with van der Waals surface area (Å²) < 4.78 is 0. The normalized spacial score (nSPS) is 22.5. The molecular weight excluding hydrogens is 302 g/mol. The molecule has 2 fully saturated rings. The topological polar surface area (TPSA) is 43.9 Å². The van der Waals surface area contributed by atoms with E-state index < -0.39 is 0 Å². The Morgan fingerprint density at radius 3 is 1.96 bits per heavy atom. The first-order chi connectivity index (χ1) is 11.5. The van der Waals surface area contributed by atoms with E-state index in [0.717, 1.165) is 45.7 Å². The number of benzene rings is 1. The second kappa shape index (κ2) is 7.34. The summed E-state index contributed by atoms with van der Waals surface area (Å²) in [5.74, 6) is 0.717. The highest BCUT2D eigenvalue weighted by Gasteiger charge is 2.23. The monoisotopic (exact) mass is 329 g/mol. The summed E-state index contributed by atoms with van der Waals surface area (Å²) in [5.41, 5.74) is 1.35. The molecule has 2 saturated heterocycles. The van der Waals surface area contributed by atoms with E-state index in [1.807, 2.05) is 9.80 Å². The van der Waals surface area contributed by atoms with Crippen LogP contribution in [0.2, 0.25) is 0 Å². The molecule has 0 saturated carbocycles. The Bertz CT molecular complexity index is 591. The molecule has 5 nitrogen and oxygen atoms in total. The molecular formula is C19H27N3O2. The average Bonchev–Trinajstić information content (AvgIpc) is 2.61. The molecule has 1 aromatic carbocycles. The number of likely N-dealkylation sites (N-methyl/N-ethyl adjacent to an activating group) is 1. The van der Waals surface area contributed by atoms with Crippen LogP contribution in [0.3, 0.4) is 0 Å². The van der Waals surface area contributed by atoms with E-state index in [9.17, 15) is 9.59 Å². The van der Waals surface area contributed by atoms with E-state index in [1.54, 1.807) is 24.3 Å². The van der Waals surface area contributed by atoms with Crippen molar-refractivity contribution in [2.45, 2.75) is 19.8 Å². The highest BCUT2D eigenvalue weighted by molar-refractivity contribution is 5.98. The largest absolute Gasteiger partial charge is 0.338 e. The molecule has 1 aromatic rings. The zero-order valence-electron chi connectivity index (χ0n) is 14.7. The predicted molar refractivity (Wildman–Crippen MR) is 94.1 cm³/mol. The summed E-state index contributed by atoms with van der Waals surface area (Å²) in [5, 5.41) is 0. The van der Waals surface area contributed by atoms with Crippen molar-refractivity contribution >= 4 is 11.8 Å². The molecule has 2 aliphatic heterocycles. The van der Waals surface area contributed by atoms with Crippen LogP contribution in [-0.4, -0.2) is 72.8 Å². The number of piperidine rings is 1. The van der Waals surface area contributed by atoms with Gasteiger partial charge in [0.15, 0.2) is 0 Å². The van der Waals surface area contributed by atoms with Crippen molar-refractivity contribution in [1.29, 1.82) is 0 Å². The molecule has 3 rings (SSSR count). The zero-order chi connectivity index (χ0) is 17.1. The lowest BCUT2D eigenvalue weighted by molar-refractivity contribution is 0.0659. The van der Waals surface area contributed by atoms with Crippen LogP contribution in [0.4, 0.5) is 0 Å². The maximum absolute atomic E-state index is 12.6. The lowest BCUT2D eigenvalue weighted by Crippen LogP contribution is -2.47. The Morgan fingerprint density at radius 2 is 1.42 bits per heavy atom. The van der Waals surface area contributed by atoms with Crippen molar-refractivity contribution in [2.75, 3.05) is 46.3 Å². The second-order valence-corrected chi connectivity index (χ2v) is 7.17. The SMILES string of the molecule is CC1CCCN(C(=O)c2ccc(C(=O)N3CCN(C)CC3)cc2)C1. The molecule has 2 aliphatic rings. The Labute approximate surface area is 144 Å². The van der Waals surface area contributed by atoms with Crippen molar-refractivity contribution < 1.29 is 9.59 Å². The minimum atomic E-state index is 0.0636. The van der Waals surface area contributed by atoms with Crippen LogP contribution < -0.4 is 0 Å². The fourth-order valence-electron chi connectivity index (χ4n) is 3.50. The summed E-state index contributed by atoms with van der Waals surface area (Å²) >= 11 is 0. The number of piperazine rings is 1. The van der Waals surface area contributed by atoms with Crippen molar-refractivity contribution in [2.24, 2.45) is 5.92 Å². The average molecular weight is 329 g/mol. The molecule has 0 N–H and O–H groups in total. The van der Waals surface area contributed by atoms with Crippen LogP contribution in [0.25, 0.3) is 0 Å². The minimum Gasteiger partial charge on any atom is -0.338 e. The molecule has 0 radical (unpaired) electrons. The lowest BCUT2D eigenvalue weighted by atomic mass is 9.99. The zero-order valence-corrected chi connectivity index (χ0v) is 14.7. The van der Waals surface area contributed by atoms with Gasteiger partial charge in [0, 0.05) is 50.4 Å². The summed E-state index contributed by atoms with van der Waals surface area (Å²) in [7, 11) is 2.07. The number of carbonyl (C=O) groups is 2. The highest BCUT2D eigenvalue weighted by atomic mass is 16.2. The number of likely N-dealkylation sites (tertiary alicyclic amines) is 1. The maximum atomic E-state index is 12.6. The molecule has 1 unspecified atom stereocenters. The fraction of sp³-hybridized carbons (Fsp3) is 0.579. The first kappa shape index (κ1) is 17.0. The molecule has 2 heterocycles. The lowest BCUT2D eigenvalue weighted by Gasteiger charge is -2.32. The Hall–Kier alpha value is -1.88. The van der Waals surface area contributed by atoms with Crippen LogP contribution in [0.15, 0.2) is 24.3 Å². The van der Waals surface area contributed by atoms with Crippen molar-refractivity contribution in [3.05, 3.63) is 35.4 Å². The van der Waals surface area contributed by atoms with Gasteiger partial charge in [0.05, 0.1) is 0 Å². The first-order valence-corrected chi connectivity index (χ1v) is 8.92. The van der Waals surface area contributed by atoms with Crippen LogP contribution >= 0.6 is 0 Å². The standard InChI is InChI=1S/C19H27N3O2/c1-15-4-3-9-22(14-15)19(24)17-7-5-16(6-8-17)18(23)21-12-10-20(2)11-13-21/h5-8,15H,3-4,9-14H2,1-2H3. The smallest absolute Gasteiger partial charge is 0.253 e. The van der Waals surface area contributed by atoms with Gasteiger partial charge >= 0.3 is 0 Å². The number of rotatable bonds is 2. The third kappa shape index (κ3) is 3.78. The number of carbonyl (C=O) groups excluding carboxylic acids is 2. The van der Waals surface area contributed by atoms with Crippen LogP contribution in [0.1, 0.15) is 40.5 Å². The van der Waals surface area contributed by atoms with Gasteiger partial charge in [-0.25, -0.2) is 0 Å². The Morgan fingerprint density at radius 1 is 0.875 bits per heavy atom. The Kier molecular flexibility index (Phi) is 5.19. The molecule has 2 amide bonds. The third-order valence-electron chi connectivity index (χ3n) is 5.11. The van der Waals surface area contributed by atoms with Gasteiger partial charge in [-0.15, -0.1) is 0 Å². The van der Waals surface area contributed by atoms with E-state index in [0.29, 0.717) is 17.0 Å². The van der Waals surface area contributed by atoms with E-state index in [4.69, 9.17) is 0 Å².